The molecule has 0 saturated heterocycles. The number of nitrogens with two attached hydrogens (primary N) is 1. The Kier molecular flexibility index (Phi) is 6.52. The fourth-order valence-corrected chi connectivity index (χ4v) is 3.50. The average Bonchev–Trinajstić information content (AvgIpc) is 3.31. The molecule has 1 aromatic carbocycles. The number of rotatable bonds is 8. The van der Waals surface area contributed by atoms with Gasteiger partial charge in [-0.3, -0.25) is 10.1 Å². The van der Waals surface area contributed by atoms with Crippen molar-refractivity contribution in [1.82, 2.24) is 24.7 Å². The second kappa shape index (κ2) is 9.67. The van der Waals surface area contributed by atoms with E-state index in [4.69, 9.17) is 28.9 Å². The summed E-state index contributed by atoms with van der Waals surface area (Å²) in [6.45, 7) is 0.874. The third kappa shape index (κ3) is 5.10. The third-order valence-electron chi connectivity index (χ3n) is 4.52. The first-order valence-corrected chi connectivity index (χ1v) is 10.4. The number of anilines is 3. The van der Waals surface area contributed by atoms with E-state index in [1.807, 2.05) is 0 Å². The zero-order valence-corrected chi connectivity index (χ0v) is 18.5. The maximum atomic E-state index is 10.8. The van der Waals surface area contributed by atoms with Crippen molar-refractivity contribution in [1.29, 1.82) is 0 Å². The number of nitrogens with one attached hydrogen (secondary N) is 2. The molecule has 0 atom stereocenters. The van der Waals surface area contributed by atoms with Crippen molar-refractivity contribution in [2.75, 3.05) is 29.5 Å². The Balaban J connectivity index is 1.49. The second-order valence-corrected chi connectivity index (χ2v) is 7.56. The summed E-state index contributed by atoms with van der Waals surface area (Å²) in [5.74, 6) is 0.647. The molecule has 0 fully saturated rings. The topological polar surface area (TPSA) is 150 Å². The van der Waals surface area contributed by atoms with Gasteiger partial charge in [-0.15, -0.1) is 0 Å². The van der Waals surface area contributed by atoms with Crippen LogP contribution in [0.2, 0.25) is 10.0 Å². The molecular formula is C20H17Cl2N9O2. The van der Waals surface area contributed by atoms with Gasteiger partial charge in [0.25, 0.3) is 0 Å². The lowest BCUT2D eigenvalue weighted by molar-refractivity contribution is -0.384. The molecule has 3 heterocycles. The van der Waals surface area contributed by atoms with Crippen molar-refractivity contribution in [3.8, 4) is 16.9 Å². The smallest absolute Gasteiger partial charge is 0.311 e. The lowest BCUT2D eigenvalue weighted by Gasteiger charge is -2.13. The quantitative estimate of drug-likeness (QED) is 0.190. The average molecular weight is 486 g/mol. The lowest BCUT2D eigenvalue weighted by Crippen LogP contribution is -2.16. The molecule has 0 spiro atoms. The Morgan fingerprint density at radius 3 is 2.64 bits per heavy atom. The van der Waals surface area contributed by atoms with Crippen LogP contribution < -0.4 is 16.4 Å². The highest BCUT2D eigenvalue weighted by Crippen LogP contribution is 2.33. The first kappa shape index (κ1) is 22.2. The van der Waals surface area contributed by atoms with E-state index in [9.17, 15) is 10.1 Å². The minimum Gasteiger partial charge on any atom is -0.378 e. The largest absolute Gasteiger partial charge is 0.378 e. The van der Waals surface area contributed by atoms with Crippen LogP contribution in [0.15, 0.2) is 55.0 Å². The predicted molar refractivity (Wildman–Crippen MR) is 127 cm³/mol. The van der Waals surface area contributed by atoms with Gasteiger partial charge < -0.3 is 16.4 Å². The molecule has 0 unspecified atom stereocenters. The maximum absolute atomic E-state index is 10.8. The van der Waals surface area contributed by atoms with E-state index in [-0.39, 0.29) is 11.5 Å². The molecule has 0 saturated carbocycles. The van der Waals surface area contributed by atoms with Crippen LogP contribution in [0.25, 0.3) is 16.9 Å². The van der Waals surface area contributed by atoms with Crippen LogP contribution in [0.1, 0.15) is 0 Å². The van der Waals surface area contributed by atoms with Gasteiger partial charge in [-0.25, -0.2) is 19.6 Å². The minimum atomic E-state index is -0.581. The summed E-state index contributed by atoms with van der Waals surface area (Å²) in [4.78, 5) is 23.2. The van der Waals surface area contributed by atoms with Gasteiger partial charge in [-0.2, -0.15) is 5.10 Å². The second-order valence-electron chi connectivity index (χ2n) is 6.71. The number of hydrogen-bond acceptors (Lipinski definition) is 9. The van der Waals surface area contributed by atoms with Crippen LogP contribution >= 0.6 is 23.2 Å². The number of nitrogen functional groups attached to an aromatic ring is 1. The Labute approximate surface area is 197 Å². The van der Waals surface area contributed by atoms with Gasteiger partial charge >= 0.3 is 5.69 Å². The van der Waals surface area contributed by atoms with Crippen LogP contribution in [-0.4, -0.2) is 42.7 Å². The molecule has 0 bridgehead atoms. The Bertz CT molecular complexity index is 1300. The third-order valence-corrected chi connectivity index (χ3v) is 5.07. The van der Waals surface area contributed by atoms with Gasteiger partial charge in [0.15, 0.2) is 0 Å². The van der Waals surface area contributed by atoms with Gasteiger partial charge in [0.2, 0.25) is 11.8 Å². The number of nitro groups is 1. The Morgan fingerprint density at radius 2 is 1.94 bits per heavy atom. The number of aromatic nitrogens is 5. The number of nitrogens with zero attached hydrogens (tertiary/aromatic N) is 6. The Hall–Kier alpha value is -3.96. The molecule has 0 aliphatic rings. The number of hydrogen-bond donors (Lipinski definition) is 3. The van der Waals surface area contributed by atoms with Crippen molar-refractivity contribution < 1.29 is 4.92 Å². The standard InChI is InChI=1S/C20H17Cl2N9O2/c21-12-2-3-13(14(22)10-12)18-16(30-9-1-6-27-30)11-26-20(29-18)25-8-7-24-17-5-4-15(31(32)33)19(23)28-17/h1-6,9-11H,7-8H2,(H3,23,24,28)(H,25,26,29). The SMILES string of the molecule is Nc1nc(NCCNc2ncc(-n3cccn3)c(-c3ccc(Cl)cc3Cl)n2)ccc1[N+](=O)[O-]. The molecule has 0 radical (unpaired) electrons. The van der Waals surface area contributed by atoms with E-state index < -0.39 is 4.92 Å². The van der Waals surface area contributed by atoms with Crippen molar-refractivity contribution in [2.45, 2.75) is 0 Å². The van der Waals surface area contributed by atoms with E-state index in [1.54, 1.807) is 47.5 Å². The van der Waals surface area contributed by atoms with E-state index >= 15 is 0 Å². The predicted octanol–water partition coefficient (Wildman–Crippen LogP) is 4.05. The maximum Gasteiger partial charge on any atom is 0.311 e. The normalized spacial score (nSPS) is 10.7. The van der Waals surface area contributed by atoms with Crippen LogP contribution in [0, 0.1) is 10.1 Å². The highest BCUT2D eigenvalue weighted by molar-refractivity contribution is 6.36. The van der Waals surface area contributed by atoms with Crippen molar-refractivity contribution in [3.63, 3.8) is 0 Å². The molecule has 13 heteroatoms. The zero-order valence-electron chi connectivity index (χ0n) is 16.9. The molecule has 4 N–H and O–H groups in total. The first-order valence-electron chi connectivity index (χ1n) is 9.63. The zero-order chi connectivity index (χ0) is 23.4. The molecule has 33 heavy (non-hydrogen) atoms. The van der Waals surface area contributed by atoms with Crippen LogP contribution in [0.4, 0.5) is 23.3 Å². The fraction of sp³-hybridized carbons (Fsp3) is 0.100. The molecule has 0 aliphatic carbocycles. The highest BCUT2D eigenvalue weighted by atomic mass is 35.5. The minimum absolute atomic E-state index is 0.153. The van der Waals surface area contributed by atoms with Gasteiger partial charge in [0.1, 0.15) is 17.2 Å². The van der Waals surface area contributed by atoms with Crippen LogP contribution in [-0.2, 0) is 0 Å². The molecule has 168 valence electrons. The van der Waals surface area contributed by atoms with Crippen LogP contribution in [0.5, 0.6) is 0 Å². The summed E-state index contributed by atoms with van der Waals surface area (Å²) in [5, 5.41) is 22.2. The summed E-state index contributed by atoms with van der Waals surface area (Å²) in [7, 11) is 0. The van der Waals surface area contributed by atoms with Crippen LogP contribution in [0.3, 0.4) is 0 Å². The Morgan fingerprint density at radius 1 is 1.12 bits per heavy atom. The lowest BCUT2D eigenvalue weighted by atomic mass is 10.1. The number of pyridine rings is 1. The molecule has 0 amide bonds. The van der Waals surface area contributed by atoms with E-state index in [2.05, 4.69) is 30.7 Å². The fourth-order valence-electron chi connectivity index (χ4n) is 3.00. The van der Waals surface area contributed by atoms with Gasteiger partial charge in [0, 0.05) is 42.1 Å². The van der Waals surface area contributed by atoms with E-state index in [1.165, 1.54) is 12.1 Å². The number of benzene rings is 1. The number of halogens is 2. The summed E-state index contributed by atoms with van der Waals surface area (Å²) >= 11 is 12.5. The van der Waals surface area contributed by atoms with E-state index in [0.717, 1.165) is 0 Å². The molecule has 3 aromatic heterocycles. The summed E-state index contributed by atoms with van der Waals surface area (Å²) < 4.78 is 1.65. The molecule has 4 rings (SSSR count). The molecular weight excluding hydrogens is 469 g/mol. The molecule has 0 aliphatic heterocycles. The highest BCUT2D eigenvalue weighted by Gasteiger charge is 2.15. The summed E-state index contributed by atoms with van der Waals surface area (Å²) in [6.07, 6.45) is 5.09. The van der Waals surface area contributed by atoms with Gasteiger partial charge in [0.05, 0.1) is 16.1 Å². The monoisotopic (exact) mass is 485 g/mol. The van der Waals surface area contributed by atoms with Gasteiger partial charge in [-0.05, 0) is 30.3 Å². The van der Waals surface area contributed by atoms with Crippen molar-refractivity contribution in [3.05, 3.63) is 75.1 Å². The molecule has 4 aromatic rings. The van der Waals surface area contributed by atoms with Crippen molar-refractivity contribution in [2.24, 2.45) is 0 Å². The van der Waals surface area contributed by atoms with Gasteiger partial charge in [-0.1, -0.05) is 23.2 Å². The molecule has 11 nitrogen and oxygen atoms in total. The summed E-state index contributed by atoms with van der Waals surface area (Å²) in [5.41, 5.74) is 7.28. The summed E-state index contributed by atoms with van der Waals surface area (Å²) in [6, 6.07) is 9.76. The first-order chi connectivity index (χ1) is 15.9. The van der Waals surface area contributed by atoms with Crippen molar-refractivity contribution >= 4 is 46.5 Å². The van der Waals surface area contributed by atoms with E-state index in [0.29, 0.717) is 51.8 Å².